The Morgan fingerprint density at radius 2 is 2.00 bits per heavy atom. The Hall–Kier alpha value is -1.07. The zero-order valence-corrected chi connectivity index (χ0v) is 11.2. The summed E-state index contributed by atoms with van der Waals surface area (Å²) in [7, 11) is -2.91. The minimum atomic E-state index is -2.91. The van der Waals surface area contributed by atoms with E-state index < -0.39 is 15.4 Å². The van der Waals surface area contributed by atoms with E-state index >= 15 is 0 Å². The van der Waals surface area contributed by atoms with Crippen molar-refractivity contribution in [3.8, 4) is 5.75 Å². The van der Waals surface area contributed by atoms with Gasteiger partial charge in [-0.3, -0.25) is 0 Å². The van der Waals surface area contributed by atoms with E-state index in [0.717, 1.165) is 12.2 Å². The molecule has 4 nitrogen and oxygen atoms in total. The molecule has 1 saturated heterocycles. The number of nitrogens with two attached hydrogens (primary N) is 1. The minimum absolute atomic E-state index is 0.116. The summed E-state index contributed by atoms with van der Waals surface area (Å²) in [6.07, 6.45) is 2.04. The molecule has 0 spiro atoms. The normalized spacial score (nSPS) is 26.1. The standard InChI is InChI=1S/C13H19NO3S/c14-13(8-10-18(15,16)11-13)7-4-9-17-12-5-2-1-3-6-12/h1-3,5-6H,4,7-11,14H2. The van der Waals surface area contributed by atoms with Gasteiger partial charge in [-0.25, -0.2) is 8.42 Å². The number of hydrogen-bond donors (Lipinski definition) is 1. The summed E-state index contributed by atoms with van der Waals surface area (Å²) in [4.78, 5) is 0. The molecule has 2 N–H and O–H groups in total. The average Bonchev–Trinajstić information content (AvgIpc) is 2.61. The smallest absolute Gasteiger partial charge is 0.152 e. The Kier molecular flexibility index (Phi) is 3.92. The van der Waals surface area contributed by atoms with Crippen molar-refractivity contribution in [2.75, 3.05) is 18.1 Å². The van der Waals surface area contributed by atoms with Crippen LogP contribution in [0.3, 0.4) is 0 Å². The van der Waals surface area contributed by atoms with Gasteiger partial charge in [0.05, 0.1) is 18.1 Å². The molecule has 0 amide bonds. The summed E-state index contributed by atoms with van der Waals surface area (Å²) < 4.78 is 28.3. The maximum atomic E-state index is 11.4. The molecule has 0 bridgehead atoms. The van der Waals surface area contributed by atoms with Gasteiger partial charge in [0.25, 0.3) is 0 Å². The first-order valence-corrected chi connectivity index (χ1v) is 7.98. The highest BCUT2D eigenvalue weighted by Gasteiger charge is 2.38. The first-order chi connectivity index (χ1) is 8.49. The van der Waals surface area contributed by atoms with Crippen LogP contribution in [0.15, 0.2) is 30.3 Å². The van der Waals surface area contributed by atoms with Crippen molar-refractivity contribution in [2.45, 2.75) is 24.8 Å². The average molecular weight is 269 g/mol. The Balaban J connectivity index is 1.73. The van der Waals surface area contributed by atoms with Crippen LogP contribution in [-0.2, 0) is 9.84 Å². The predicted octanol–water partition coefficient (Wildman–Crippen LogP) is 1.36. The maximum absolute atomic E-state index is 11.4. The number of ether oxygens (including phenoxy) is 1. The number of rotatable bonds is 5. The van der Waals surface area contributed by atoms with Crippen molar-refractivity contribution in [3.63, 3.8) is 0 Å². The Morgan fingerprint density at radius 3 is 2.61 bits per heavy atom. The Labute approximate surface area is 108 Å². The third-order valence-corrected chi connectivity index (χ3v) is 5.09. The summed E-state index contributed by atoms with van der Waals surface area (Å²) in [5, 5.41) is 0. The fraction of sp³-hybridized carbons (Fsp3) is 0.538. The van der Waals surface area contributed by atoms with E-state index in [0.29, 0.717) is 19.4 Å². The van der Waals surface area contributed by atoms with Crippen LogP contribution >= 0.6 is 0 Å². The SMILES string of the molecule is NC1(CCCOc2ccccc2)CCS(=O)(=O)C1. The van der Waals surface area contributed by atoms with Crippen LogP contribution in [0.2, 0.25) is 0 Å². The quantitative estimate of drug-likeness (QED) is 0.819. The number of hydrogen-bond acceptors (Lipinski definition) is 4. The zero-order valence-electron chi connectivity index (χ0n) is 10.3. The van der Waals surface area contributed by atoms with E-state index in [1.54, 1.807) is 0 Å². The van der Waals surface area contributed by atoms with E-state index in [9.17, 15) is 8.42 Å². The number of sulfone groups is 1. The van der Waals surface area contributed by atoms with Crippen molar-refractivity contribution in [1.29, 1.82) is 0 Å². The van der Waals surface area contributed by atoms with Gasteiger partial charge in [0.1, 0.15) is 5.75 Å². The second kappa shape index (κ2) is 5.28. The van der Waals surface area contributed by atoms with Crippen LogP contribution in [0.4, 0.5) is 0 Å². The molecule has 2 rings (SSSR count). The molecule has 1 aliphatic rings. The Bertz CT molecular complexity index is 486. The van der Waals surface area contributed by atoms with Gasteiger partial charge in [-0.2, -0.15) is 0 Å². The molecule has 0 aromatic heterocycles. The zero-order chi connectivity index (χ0) is 13.1. The van der Waals surface area contributed by atoms with Gasteiger partial charge >= 0.3 is 0 Å². The monoisotopic (exact) mass is 269 g/mol. The molecule has 0 aliphatic carbocycles. The molecule has 5 heteroatoms. The fourth-order valence-corrected chi connectivity index (χ4v) is 4.30. The van der Waals surface area contributed by atoms with Crippen molar-refractivity contribution in [3.05, 3.63) is 30.3 Å². The molecule has 18 heavy (non-hydrogen) atoms. The second-order valence-corrected chi connectivity index (χ2v) is 7.15. The largest absolute Gasteiger partial charge is 0.494 e. The first kappa shape index (κ1) is 13.4. The van der Waals surface area contributed by atoms with E-state index in [4.69, 9.17) is 10.5 Å². The van der Waals surface area contributed by atoms with Crippen LogP contribution in [0.1, 0.15) is 19.3 Å². The first-order valence-electron chi connectivity index (χ1n) is 6.16. The molecule has 0 saturated carbocycles. The van der Waals surface area contributed by atoms with E-state index in [-0.39, 0.29) is 11.5 Å². The van der Waals surface area contributed by atoms with Crippen molar-refractivity contribution in [1.82, 2.24) is 0 Å². The van der Waals surface area contributed by atoms with Gasteiger partial charge in [0, 0.05) is 5.54 Å². The van der Waals surface area contributed by atoms with Crippen molar-refractivity contribution in [2.24, 2.45) is 5.73 Å². The summed E-state index contributed by atoms with van der Waals surface area (Å²) in [6.45, 7) is 0.572. The Morgan fingerprint density at radius 1 is 1.28 bits per heavy atom. The fourth-order valence-electron chi connectivity index (χ4n) is 2.27. The van der Waals surface area contributed by atoms with Crippen molar-refractivity contribution < 1.29 is 13.2 Å². The summed E-state index contributed by atoms with van der Waals surface area (Å²) in [5.41, 5.74) is 5.54. The summed E-state index contributed by atoms with van der Waals surface area (Å²) in [6, 6.07) is 9.58. The molecular formula is C13H19NO3S. The molecule has 1 aromatic rings. The summed E-state index contributed by atoms with van der Waals surface area (Å²) in [5.74, 6) is 1.18. The van der Waals surface area contributed by atoms with Crippen LogP contribution < -0.4 is 10.5 Å². The van der Waals surface area contributed by atoms with Crippen molar-refractivity contribution >= 4 is 9.84 Å². The predicted molar refractivity (Wildman–Crippen MR) is 71.4 cm³/mol. The molecule has 1 heterocycles. The molecule has 1 aromatic carbocycles. The molecule has 1 atom stereocenters. The van der Waals surface area contributed by atoms with Crippen LogP contribution in [-0.4, -0.2) is 32.1 Å². The highest BCUT2D eigenvalue weighted by molar-refractivity contribution is 7.91. The van der Waals surface area contributed by atoms with E-state index in [1.165, 1.54) is 0 Å². The molecule has 1 fully saturated rings. The lowest BCUT2D eigenvalue weighted by Crippen LogP contribution is -2.41. The van der Waals surface area contributed by atoms with Gasteiger partial charge in [-0.15, -0.1) is 0 Å². The molecule has 1 unspecified atom stereocenters. The lowest BCUT2D eigenvalue weighted by Gasteiger charge is -2.21. The molecule has 0 radical (unpaired) electrons. The third kappa shape index (κ3) is 3.71. The lowest BCUT2D eigenvalue weighted by molar-refractivity contribution is 0.286. The minimum Gasteiger partial charge on any atom is -0.494 e. The van der Waals surface area contributed by atoms with E-state index in [1.807, 2.05) is 30.3 Å². The number of benzene rings is 1. The van der Waals surface area contributed by atoms with E-state index in [2.05, 4.69) is 0 Å². The van der Waals surface area contributed by atoms with Gasteiger partial charge in [-0.05, 0) is 31.4 Å². The van der Waals surface area contributed by atoms with Crippen LogP contribution in [0.25, 0.3) is 0 Å². The van der Waals surface area contributed by atoms with Gasteiger partial charge < -0.3 is 10.5 Å². The third-order valence-electron chi connectivity index (χ3n) is 3.25. The molecular weight excluding hydrogens is 250 g/mol. The highest BCUT2D eigenvalue weighted by atomic mass is 32.2. The topological polar surface area (TPSA) is 69.4 Å². The number of para-hydroxylation sites is 1. The highest BCUT2D eigenvalue weighted by Crippen LogP contribution is 2.25. The van der Waals surface area contributed by atoms with Gasteiger partial charge in [0.15, 0.2) is 9.84 Å². The van der Waals surface area contributed by atoms with Crippen LogP contribution in [0, 0.1) is 0 Å². The maximum Gasteiger partial charge on any atom is 0.152 e. The molecule has 1 aliphatic heterocycles. The van der Waals surface area contributed by atoms with Gasteiger partial charge in [0.2, 0.25) is 0 Å². The van der Waals surface area contributed by atoms with Crippen LogP contribution in [0.5, 0.6) is 5.75 Å². The lowest BCUT2D eigenvalue weighted by atomic mass is 9.94. The van der Waals surface area contributed by atoms with Gasteiger partial charge in [-0.1, -0.05) is 18.2 Å². The second-order valence-electron chi connectivity index (χ2n) is 4.97. The molecule has 100 valence electrons. The summed E-state index contributed by atoms with van der Waals surface area (Å²) >= 11 is 0.